The molecule has 0 spiro atoms. The van der Waals surface area contributed by atoms with Gasteiger partial charge in [-0.15, -0.1) is 0 Å². The van der Waals surface area contributed by atoms with E-state index in [2.05, 4.69) is 9.71 Å². The number of rotatable bonds is 7. The fraction of sp³-hybridized carbons (Fsp3) is 0.118. The number of nitrogens with one attached hydrogen (secondary N) is 1. The van der Waals surface area contributed by atoms with Gasteiger partial charge in [0.1, 0.15) is 5.65 Å². The summed E-state index contributed by atoms with van der Waals surface area (Å²) in [6.45, 7) is 0. The van der Waals surface area contributed by atoms with Gasteiger partial charge in [-0.2, -0.15) is 0 Å². The first-order chi connectivity index (χ1) is 11.6. The smallest absolute Gasteiger partial charge is 0.232 e. The molecule has 0 aliphatic heterocycles. The van der Waals surface area contributed by atoms with Crippen molar-refractivity contribution in [3.05, 3.63) is 78.1 Å². The van der Waals surface area contributed by atoms with Crippen molar-refractivity contribution in [2.45, 2.75) is 11.4 Å². The number of aryl methyl sites for hydroxylation is 1. The van der Waals surface area contributed by atoms with E-state index < -0.39 is 10.0 Å². The van der Waals surface area contributed by atoms with Crippen molar-refractivity contribution < 1.29 is 8.42 Å². The Morgan fingerprint density at radius 3 is 2.79 bits per heavy atom. The first-order valence-corrected chi connectivity index (χ1v) is 9.95. The lowest BCUT2D eigenvalue weighted by atomic mass is 10.2. The summed E-state index contributed by atoms with van der Waals surface area (Å²) in [6, 6.07) is 15.4. The zero-order chi connectivity index (χ0) is 16.8. The zero-order valence-corrected chi connectivity index (χ0v) is 14.5. The van der Waals surface area contributed by atoms with Crippen LogP contribution in [0.1, 0.15) is 5.56 Å². The first-order valence-electron chi connectivity index (χ1n) is 7.42. The molecule has 0 bridgehead atoms. The van der Waals surface area contributed by atoms with Gasteiger partial charge >= 0.3 is 0 Å². The largest absolute Gasteiger partial charge is 0.294 e. The number of thioether (sulfide) groups is 1. The van der Waals surface area contributed by atoms with E-state index in [0.717, 1.165) is 16.2 Å². The summed E-state index contributed by atoms with van der Waals surface area (Å²) in [5, 5.41) is 2.68. The van der Waals surface area contributed by atoms with Gasteiger partial charge in [0.25, 0.3) is 0 Å². The maximum Gasteiger partial charge on any atom is 0.232 e. The quantitative estimate of drug-likeness (QED) is 0.659. The zero-order valence-electron chi connectivity index (χ0n) is 12.9. The lowest BCUT2D eigenvalue weighted by Gasteiger charge is -2.04. The molecule has 0 aliphatic rings. The van der Waals surface area contributed by atoms with E-state index in [0.29, 0.717) is 6.42 Å². The van der Waals surface area contributed by atoms with Crippen molar-refractivity contribution in [3.63, 3.8) is 0 Å². The van der Waals surface area contributed by atoms with Gasteiger partial charge in [-0.1, -0.05) is 48.2 Å². The fourth-order valence-electron chi connectivity index (χ4n) is 2.21. The van der Waals surface area contributed by atoms with Crippen molar-refractivity contribution in [2.24, 2.45) is 0 Å². The summed E-state index contributed by atoms with van der Waals surface area (Å²) < 4.78 is 28.4. The predicted octanol–water partition coefficient (Wildman–Crippen LogP) is 3.06. The third-order valence-corrected chi connectivity index (χ3v) is 5.48. The second kappa shape index (κ2) is 7.55. The van der Waals surface area contributed by atoms with Crippen LogP contribution in [0.2, 0.25) is 0 Å². The third-order valence-electron chi connectivity index (χ3n) is 3.40. The maximum atomic E-state index is 12.0. The molecule has 0 amide bonds. The van der Waals surface area contributed by atoms with Crippen molar-refractivity contribution in [3.8, 4) is 0 Å². The molecule has 3 rings (SSSR count). The topological polar surface area (TPSA) is 63.5 Å². The Labute approximate surface area is 145 Å². The number of nitrogens with zero attached hydrogens (tertiary/aromatic N) is 2. The Kier molecular flexibility index (Phi) is 5.22. The monoisotopic (exact) mass is 359 g/mol. The van der Waals surface area contributed by atoms with Crippen molar-refractivity contribution in [1.82, 2.24) is 14.1 Å². The molecular weight excluding hydrogens is 342 g/mol. The highest BCUT2D eigenvalue weighted by atomic mass is 32.2. The number of pyridine rings is 1. The molecule has 0 fully saturated rings. The minimum atomic E-state index is -3.34. The van der Waals surface area contributed by atoms with Crippen LogP contribution in [-0.2, 0) is 16.4 Å². The highest BCUT2D eigenvalue weighted by Gasteiger charge is 2.07. The van der Waals surface area contributed by atoms with Crippen LogP contribution in [0.5, 0.6) is 0 Å². The van der Waals surface area contributed by atoms with Gasteiger partial charge < -0.3 is 0 Å². The van der Waals surface area contributed by atoms with Crippen LogP contribution in [0, 0.1) is 0 Å². The summed E-state index contributed by atoms with van der Waals surface area (Å²) in [7, 11) is -3.34. The van der Waals surface area contributed by atoms with E-state index in [1.807, 2.05) is 59.1 Å². The van der Waals surface area contributed by atoms with Crippen LogP contribution in [-0.4, -0.2) is 23.6 Å². The van der Waals surface area contributed by atoms with Crippen molar-refractivity contribution >= 4 is 27.4 Å². The molecule has 1 N–H and O–H groups in total. The molecule has 1 aromatic carbocycles. The highest BCUT2D eigenvalue weighted by Crippen LogP contribution is 2.19. The van der Waals surface area contributed by atoms with Gasteiger partial charge in [-0.25, -0.2) is 13.4 Å². The molecule has 124 valence electrons. The normalized spacial score (nSPS) is 12.0. The van der Waals surface area contributed by atoms with Gasteiger partial charge in [0.15, 0.2) is 0 Å². The number of benzene rings is 1. The highest BCUT2D eigenvalue weighted by molar-refractivity contribution is 8.02. The molecule has 24 heavy (non-hydrogen) atoms. The average Bonchev–Trinajstić information content (AvgIpc) is 3.07. The number of hydrogen-bond donors (Lipinski definition) is 1. The van der Waals surface area contributed by atoms with Crippen molar-refractivity contribution in [1.29, 1.82) is 0 Å². The molecule has 3 aromatic rings. The standard InChI is InChI=1S/C17H17N3O2S2/c21-24(22,14-9-15-5-2-1-3-6-15)19-11-13-23-17-8-4-7-16-18-10-12-20(16)17/h1-8,10-13,19H,9,14H2. The average molecular weight is 359 g/mol. The predicted molar refractivity (Wildman–Crippen MR) is 97.3 cm³/mol. The number of fused-ring (bicyclic) bond motifs is 1. The van der Waals surface area contributed by atoms with Crippen LogP contribution in [0.25, 0.3) is 5.65 Å². The molecule has 0 aliphatic carbocycles. The Morgan fingerprint density at radius 1 is 1.12 bits per heavy atom. The van der Waals surface area contributed by atoms with Crippen LogP contribution in [0.3, 0.4) is 0 Å². The molecule has 7 heteroatoms. The van der Waals surface area contributed by atoms with E-state index >= 15 is 0 Å². The summed E-state index contributed by atoms with van der Waals surface area (Å²) >= 11 is 1.43. The summed E-state index contributed by atoms with van der Waals surface area (Å²) in [5.74, 6) is 0.0587. The Bertz CT molecular complexity index is 935. The molecule has 2 heterocycles. The molecule has 0 radical (unpaired) electrons. The minimum Gasteiger partial charge on any atom is -0.294 e. The molecule has 0 atom stereocenters. The van der Waals surface area contributed by atoms with Gasteiger partial charge in [0, 0.05) is 18.6 Å². The van der Waals surface area contributed by atoms with E-state index in [-0.39, 0.29) is 5.75 Å². The second-order valence-electron chi connectivity index (χ2n) is 5.11. The van der Waals surface area contributed by atoms with Gasteiger partial charge in [0.2, 0.25) is 10.0 Å². The second-order valence-corrected chi connectivity index (χ2v) is 7.91. The Balaban J connectivity index is 1.54. The Morgan fingerprint density at radius 2 is 1.96 bits per heavy atom. The molecule has 0 saturated carbocycles. The van der Waals surface area contributed by atoms with Gasteiger partial charge in [-0.05, 0) is 29.5 Å². The third kappa shape index (κ3) is 4.39. The van der Waals surface area contributed by atoms with E-state index in [1.54, 1.807) is 11.6 Å². The molecule has 0 saturated heterocycles. The molecule has 2 aromatic heterocycles. The summed E-state index contributed by atoms with van der Waals surface area (Å²) in [5.41, 5.74) is 1.87. The first kappa shape index (κ1) is 16.6. The van der Waals surface area contributed by atoms with Gasteiger partial charge in [0.05, 0.1) is 10.8 Å². The SMILES string of the molecule is O=S(=O)(CCc1ccccc1)NC=CSc1cccc2nccn12. The van der Waals surface area contributed by atoms with Crippen LogP contribution >= 0.6 is 11.8 Å². The minimum absolute atomic E-state index is 0.0587. The molecular formula is C17H17N3O2S2. The van der Waals surface area contributed by atoms with Crippen LogP contribution < -0.4 is 4.72 Å². The fourth-order valence-corrected chi connectivity index (χ4v) is 3.89. The van der Waals surface area contributed by atoms with Crippen molar-refractivity contribution in [2.75, 3.05) is 5.75 Å². The summed E-state index contributed by atoms with van der Waals surface area (Å²) in [6.07, 6.45) is 5.55. The Hall–Kier alpha value is -2.25. The van der Waals surface area contributed by atoms with Crippen LogP contribution in [0.4, 0.5) is 0 Å². The van der Waals surface area contributed by atoms with E-state index in [1.165, 1.54) is 18.0 Å². The lowest BCUT2D eigenvalue weighted by Crippen LogP contribution is -2.22. The van der Waals surface area contributed by atoms with E-state index in [4.69, 9.17) is 0 Å². The lowest BCUT2D eigenvalue weighted by molar-refractivity contribution is 0.590. The van der Waals surface area contributed by atoms with Gasteiger partial charge in [-0.3, -0.25) is 9.12 Å². The van der Waals surface area contributed by atoms with E-state index in [9.17, 15) is 8.42 Å². The number of imidazole rings is 1. The number of sulfonamides is 1. The van der Waals surface area contributed by atoms with Crippen LogP contribution in [0.15, 0.2) is 77.6 Å². The molecule has 0 unspecified atom stereocenters. The number of aromatic nitrogens is 2. The maximum absolute atomic E-state index is 12.0. The summed E-state index contributed by atoms with van der Waals surface area (Å²) in [4.78, 5) is 4.21. The number of hydrogen-bond acceptors (Lipinski definition) is 4. The molecule has 5 nitrogen and oxygen atoms in total.